The summed E-state index contributed by atoms with van der Waals surface area (Å²) in [6.07, 6.45) is 2.21. The van der Waals surface area contributed by atoms with Gasteiger partial charge in [0.2, 0.25) is 0 Å². The summed E-state index contributed by atoms with van der Waals surface area (Å²) >= 11 is 3.65. The first kappa shape index (κ1) is 15.9. The van der Waals surface area contributed by atoms with E-state index in [0.29, 0.717) is 6.04 Å². The molecular weight excluding hydrogens is 360 g/mol. The third-order valence-corrected chi connectivity index (χ3v) is 5.86. The highest BCUT2D eigenvalue weighted by Gasteiger charge is 2.26. The zero-order valence-corrected chi connectivity index (χ0v) is 15.9. The van der Waals surface area contributed by atoms with Crippen molar-refractivity contribution < 1.29 is 0 Å². The maximum atomic E-state index is 3.65. The van der Waals surface area contributed by atoms with Crippen LogP contribution in [0, 0.1) is 0 Å². The van der Waals surface area contributed by atoms with Crippen molar-refractivity contribution in [1.29, 1.82) is 0 Å². The van der Waals surface area contributed by atoms with Crippen molar-refractivity contribution in [2.75, 3.05) is 7.05 Å². The Morgan fingerprint density at radius 1 is 1.12 bits per heavy atom. The number of likely N-dealkylation sites (N-methyl/N-ethyl adjacent to an activating group) is 1. The minimum Gasteiger partial charge on any atom is -0.344 e. The van der Waals surface area contributed by atoms with Gasteiger partial charge in [-0.05, 0) is 49.7 Å². The third-order valence-electron chi connectivity index (χ3n) is 5.36. The van der Waals surface area contributed by atoms with Crippen molar-refractivity contribution in [3.63, 3.8) is 0 Å². The van der Waals surface area contributed by atoms with Gasteiger partial charge in [0.05, 0.1) is 0 Å². The second-order valence-electron chi connectivity index (χ2n) is 6.94. The summed E-state index contributed by atoms with van der Waals surface area (Å²) in [4.78, 5) is 2.46. The van der Waals surface area contributed by atoms with Crippen LogP contribution in [-0.2, 0) is 25.9 Å². The Balaban J connectivity index is 1.78. The first-order valence-corrected chi connectivity index (χ1v) is 9.46. The van der Waals surface area contributed by atoms with Gasteiger partial charge in [0.25, 0.3) is 0 Å². The van der Waals surface area contributed by atoms with E-state index in [1.807, 2.05) is 0 Å². The van der Waals surface area contributed by atoms with Crippen LogP contribution in [0.5, 0.6) is 0 Å². The number of aryl methyl sites for hydroxylation is 2. The molecule has 0 bridgehead atoms. The van der Waals surface area contributed by atoms with Gasteiger partial charge >= 0.3 is 0 Å². The van der Waals surface area contributed by atoms with Gasteiger partial charge in [-0.3, -0.25) is 4.90 Å². The molecule has 0 fully saturated rings. The molecule has 1 aliphatic heterocycles. The Labute approximate surface area is 152 Å². The molecule has 0 N–H and O–H groups in total. The number of nitrogens with zero attached hydrogens (tertiary/aromatic N) is 2. The summed E-state index contributed by atoms with van der Waals surface area (Å²) in [5.41, 5.74) is 5.83. The van der Waals surface area contributed by atoms with Crippen LogP contribution in [-0.4, -0.2) is 22.6 Å². The summed E-state index contributed by atoms with van der Waals surface area (Å²) < 4.78 is 3.73. The summed E-state index contributed by atoms with van der Waals surface area (Å²) in [6, 6.07) is 18.1. The molecule has 0 radical (unpaired) electrons. The predicted molar refractivity (Wildman–Crippen MR) is 104 cm³/mol. The zero-order chi connectivity index (χ0) is 16.7. The monoisotopic (exact) mass is 382 g/mol. The molecule has 1 aromatic heterocycles. The second kappa shape index (κ2) is 6.38. The highest BCUT2D eigenvalue weighted by molar-refractivity contribution is 9.10. The molecule has 1 atom stereocenters. The Hall–Kier alpha value is -1.58. The van der Waals surface area contributed by atoms with Crippen LogP contribution in [0.2, 0.25) is 0 Å². The lowest BCUT2D eigenvalue weighted by Crippen LogP contribution is -2.35. The smallest absolute Gasteiger partial charge is 0.0486 e. The summed E-state index contributed by atoms with van der Waals surface area (Å²) in [5.74, 6) is 0. The number of fused-ring (bicyclic) bond motifs is 3. The summed E-state index contributed by atoms with van der Waals surface area (Å²) in [5, 5.41) is 1.41. The minimum absolute atomic E-state index is 0.598. The van der Waals surface area contributed by atoms with Crippen molar-refractivity contribution in [2.45, 2.75) is 38.9 Å². The van der Waals surface area contributed by atoms with Crippen molar-refractivity contribution in [3.05, 3.63) is 69.8 Å². The molecule has 24 heavy (non-hydrogen) atoms. The summed E-state index contributed by atoms with van der Waals surface area (Å²) in [7, 11) is 2.23. The minimum atomic E-state index is 0.598. The predicted octanol–water partition coefficient (Wildman–Crippen LogP) is 5.02. The Bertz CT molecular complexity index is 866. The number of rotatable bonds is 3. The fourth-order valence-electron chi connectivity index (χ4n) is 3.84. The number of hydrogen-bond donors (Lipinski definition) is 0. The molecule has 0 amide bonds. The molecule has 4 rings (SSSR count). The average molecular weight is 383 g/mol. The molecule has 0 saturated carbocycles. The molecule has 0 aliphatic carbocycles. The molecule has 2 aromatic carbocycles. The first-order valence-electron chi connectivity index (χ1n) is 8.67. The van der Waals surface area contributed by atoms with Gasteiger partial charge in [-0.1, -0.05) is 46.3 Å². The molecule has 2 nitrogen and oxygen atoms in total. The van der Waals surface area contributed by atoms with Gasteiger partial charge in [0, 0.05) is 46.6 Å². The average Bonchev–Trinajstić information content (AvgIpc) is 2.87. The molecule has 0 spiro atoms. The van der Waals surface area contributed by atoms with E-state index >= 15 is 0 Å². The molecule has 0 saturated heterocycles. The van der Waals surface area contributed by atoms with Crippen LogP contribution < -0.4 is 0 Å². The largest absolute Gasteiger partial charge is 0.344 e. The number of halogens is 1. The molecule has 1 aliphatic rings. The van der Waals surface area contributed by atoms with Gasteiger partial charge in [0.1, 0.15) is 0 Å². The standard InChI is InChI=1S/C21H23BrN2/c1-15-12-21-19(14-23(15)2)18-13-17(22)8-9-20(18)24(21)11-10-16-6-4-3-5-7-16/h3-9,13,15H,10-12,14H2,1-2H3. The van der Waals surface area contributed by atoms with Crippen LogP contribution in [0.3, 0.4) is 0 Å². The Morgan fingerprint density at radius 3 is 2.71 bits per heavy atom. The highest BCUT2D eigenvalue weighted by Crippen LogP contribution is 2.34. The lowest BCUT2D eigenvalue weighted by atomic mass is 10.00. The molecule has 2 heterocycles. The quantitative estimate of drug-likeness (QED) is 0.616. The first-order chi connectivity index (χ1) is 11.6. The number of aromatic nitrogens is 1. The van der Waals surface area contributed by atoms with Gasteiger partial charge < -0.3 is 4.57 Å². The highest BCUT2D eigenvalue weighted by atomic mass is 79.9. The zero-order valence-electron chi connectivity index (χ0n) is 14.3. The fourth-order valence-corrected chi connectivity index (χ4v) is 4.20. The van der Waals surface area contributed by atoms with Crippen LogP contribution >= 0.6 is 15.9 Å². The van der Waals surface area contributed by atoms with Crippen molar-refractivity contribution in [1.82, 2.24) is 9.47 Å². The Morgan fingerprint density at radius 2 is 1.92 bits per heavy atom. The van der Waals surface area contributed by atoms with E-state index in [2.05, 4.69) is 87.9 Å². The van der Waals surface area contributed by atoms with E-state index in [1.165, 1.54) is 32.2 Å². The van der Waals surface area contributed by atoms with Crippen LogP contribution in [0.25, 0.3) is 10.9 Å². The number of benzene rings is 2. The van der Waals surface area contributed by atoms with Crippen LogP contribution in [0.15, 0.2) is 53.0 Å². The molecule has 3 heteroatoms. The second-order valence-corrected chi connectivity index (χ2v) is 7.86. The maximum Gasteiger partial charge on any atom is 0.0486 e. The maximum absolute atomic E-state index is 3.65. The number of hydrogen-bond acceptors (Lipinski definition) is 1. The summed E-state index contributed by atoms with van der Waals surface area (Å²) in [6.45, 7) is 4.42. The van der Waals surface area contributed by atoms with E-state index in [1.54, 1.807) is 0 Å². The molecular formula is C21H23BrN2. The van der Waals surface area contributed by atoms with Gasteiger partial charge in [-0.15, -0.1) is 0 Å². The SMILES string of the molecule is CC1Cc2c(c3cc(Br)ccc3n2CCc2ccccc2)CN1C. The van der Waals surface area contributed by atoms with Crippen LogP contribution in [0.1, 0.15) is 23.7 Å². The van der Waals surface area contributed by atoms with Crippen molar-refractivity contribution in [3.8, 4) is 0 Å². The fraction of sp³-hybridized carbons (Fsp3) is 0.333. The van der Waals surface area contributed by atoms with Crippen molar-refractivity contribution >= 4 is 26.8 Å². The molecule has 124 valence electrons. The van der Waals surface area contributed by atoms with E-state index in [9.17, 15) is 0 Å². The van der Waals surface area contributed by atoms with Gasteiger partial charge in [0.15, 0.2) is 0 Å². The van der Waals surface area contributed by atoms with Gasteiger partial charge in [-0.25, -0.2) is 0 Å². The van der Waals surface area contributed by atoms with Crippen molar-refractivity contribution in [2.24, 2.45) is 0 Å². The van der Waals surface area contributed by atoms with E-state index in [0.717, 1.165) is 25.9 Å². The third kappa shape index (κ3) is 2.80. The molecule has 1 unspecified atom stereocenters. The van der Waals surface area contributed by atoms with Gasteiger partial charge in [-0.2, -0.15) is 0 Å². The molecule has 3 aromatic rings. The normalized spacial score (nSPS) is 18.0. The van der Waals surface area contributed by atoms with E-state index in [4.69, 9.17) is 0 Å². The lowest BCUT2D eigenvalue weighted by Gasteiger charge is -2.31. The van der Waals surface area contributed by atoms with E-state index in [-0.39, 0.29) is 0 Å². The van der Waals surface area contributed by atoms with E-state index < -0.39 is 0 Å². The van der Waals surface area contributed by atoms with Crippen LogP contribution in [0.4, 0.5) is 0 Å². The lowest BCUT2D eigenvalue weighted by molar-refractivity contribution is 0.228. The topological polar surface area (TPSA) is 8.17 Å². The Kier molecular flexibility index (Phi) is 4.23.